The molecule has 1 aromatic carbocycles. The van der Waals surface area contributed by atoms with Gasteiger partial charge in [0.25, 0.3) is 0 Å². The number of nitrogens with zero attached hydrogens (tertiary/aromatic N) is 2. The first kappa shape index (κ1) is 22.1. The quantitative estimate of drug-likeness (QED) is 0.508. The lowest BCUT2D eigenvalue weighted by atomic mass is 9.89. The Kier molecular flexibility index (Phi) is 8.51. The summed E-state index contributed by atoms with van der Waals surface area (Å²) in [4.78, 5) is 8.71. The highest BCUT2D eigenvalue weighted by Crippen LogP contribution is 2.33. The van der Waals surface area contributed by atoms with Crippen molar-refractivity contribution in [3.05, 3.63) is 59.3 Å². The van der Waals surface area contributed by atoms with Crippen LogP contribution in [0.2, 0.25) is 0 Å². The minimum absolute atomic E-state index is 0.129. The van der Waals surface area contributed by atoms with Crippen LogP contribution in [-0.2, 0) is 11.3 Å². The van der Waals surface area contributed by atoms with E-state index in [9.17, 15) is 0 Å². The largest absolute Gasteiger partial charge is 0.478 e. The summed E-state index contributed by atoms with van der Waals surface area (Å²) in [6.07, 6.45) is 5.19. The van der Waals surface area contributed by atoms with Gasteiger partial charge in [0.1, 0.15) is 0 Å². The minimum Gasteiger partial charge on any atom is -0.478 e. The summed E-state index contributed by atoms with van der Waals surface area (Å²) < 4.78 is 11.7. The second kappa shape index (κ2) is 11.6. The van der Waals surface area contributed by atoms with Gasteiger partial charge in [-0.2, -0.15) is 0 Å². The van der Waals surface area contributed by atoms with Gasteiger partial charge >= 0.3 is 0 Å². The molecular formula is C24H34N4O2. The number of aryl methyl sites for hydroxylation is 1. The molecule has 2 aromatic rings. The summed E-state index contributed by atoms with van der Waals surface area (Å²) in [7, 11) is 1.80. The van der Waals surface area contributed by atoms with Crippen molar-refractivity contribution in [3.63, 3.8) is 0 Å². The van der Waals surface area contributed by atoms with E-state index in [1.54, 1.807) is 7.05 Å². The summed E-state index contributed by atoms with van der Waals surface area (Å²) in [6, 6.07) is 12.6. The number of ether oxygens (including phenoxy) is 2. The van der Waals surface area contributed by atoms with Crippen LogP contribution in [0.5, 0.6) is 5.88 Å². The van der Waals surface area contributed by atoms with Gasteiger partial charge in [-0.15, -0.1) is 0 Å². The molecular weight excluding hydrogens is 376 g/mol. The molecule has 2 N–H and O–H groups in total. The lowest BCUT2D eigenvalue weighted by Crippen LogP contribution is -2.41. The zero-order chi connectivity index (χ0) is 21.2. The molecule has 1 saturated heterocycles. The van der Waals surface area contributed by atoms with E-state index in [-0.39, 0.29) is 6.10 Å². The van der Waals surface area contributed by atoms with Crippen LogP contribution in [0.4, 0.5) is 0 Å². The Morgan fingerprint density at radius 1 is 1.20 bits per heavy atom. The molecule has 6 nitrogen and oxygen atoms in total. The first-order valence-corrected chi connectivity index (χ1v) is 10.9. The fourth-order valence-corrected chi connectivity index (χ4v) is 3.62. The number of pyridine rings is 1. The Bertz CT molecular complexity index is 790. The Morgan fingerprint density at radius 2 is 2.03 bits per heavy atom. The van der Waals surface area contributed by atoms with Crippen molar-refractivity contribution in [3.8, 4) is 5.88 Å². The third-order valence-corrected chi connectivity index (χ3v) is 5.32. The molecule has 1 aliphatic heterocycles. The molecule has 3 rings (SSSR count). The number of aromatic nitrogens is 1. The van der Waals surface area contributed by atoms with E-state index >= 15 is 0 Å². The molecule has 0 spiro atoms. The SMILES string of the molecule is CCCOc1ccc(CNC(=NC)NCC2CCCOC2c2ccc(C)cc2)cn1. The summed E-state index contributed by atoms with van der Waals surface area (Å²) in [5, 5.41) is 6.84. The maximum atomic E-state index is 6.13. The van der Waals surface area contributed by atoms with Crippen LogP contribution in [0, 0.1) is 12.8 Å². The van der Waals surface area contributed by atoms with Crippen molar-refractivity contribution in [1.29, 1.82) is 0 Å². The van der Waals surface area contributed by atoms with Crippen LogP contribution in [-0.4, -0.2) is 37.7 Å². The molecule has 0 aliphatic carbocycles. The minimum atomic E-state index is 0.129. The molecule has 6 heteroatoms. The van der Waals surface area contributed by atoms with Gasteiger partial charge in [-0.3, -0.25) is 4.99 Å². The van der Waals surface area contributed by atoms with Crippen LogP contribution >= 0.6 is 0 Å². The van der Waals surface area contributed by atoms with Crippen LogP contribution in [0.3, 0.4) is 0 Å². The fraction of sp³-hybridized carbons (Fsp3) is 0.500. The number of aliphatic imine (C=N–C) groups is 1. The Morgan fingerprint density at radius 3 is 2.73 bits per heavy atom. The summed E-state index contributed by atoms with van der Waals surface area (Å²) in [5.74, 6) is 1.87. The van der Waals surface area contributed by atoms with Gasteiger partial charge in [-0.1, -0.05) is 42.8 Å². The van der Waals surface area contributed by atoms with Crippen molar-refractivity contribution in [2.45, 2.75) is 45.8 Å². The van der Waals surface area contributed by atoms with E-state index < -0.39 is 0 Å². The van der Waals surface area contributed by atoms with Gasteiger partial charge in [-0.25, -0.2) is 4.98 Å². The number of nitrogens with one attached hydrogen (secondary N) is 2. The zero-order valence-electron chi connectivity index (χ0n) is 18.4. The van der Waals surface area contributed by atoms with Crippen LogP contribution in [0.25, 0.3) is 0 Å². The average molecular weight is 411 g/mol. The Balaban J connectivity index is 1.50. The van der Waals surface area contributed by atoms with Crippen molar-refractivity contribution in [1.82, 2.24) is 15.6 Å². The molecule has 1 aromatic heterocycles. The number of guanidine groups is 1. The van der Waals surface area contributed by atoms with Gasteiger partial charge in [0.05, 0.1) is 12.7 Å². The zero-order valence-corrected chi connectivity index (χ0v) is 18.4. The van der Waals surface area contributed by atoms with E-state index in [0.29, 0.717) is 24.9 Å². The molecule has 2 unspecified atom stereocenters. The summed E-state index contributed by atoms with van der Waals surface area (Å²) >= 11 is 0. The third-order valence-electron chi connectivity index (χ3n) is 5.32. The molecule has 2 heterocycles. The maximum Gasteiger partial charge on any atom is 0.213 e. The number of benzene rings is 1. The lowest BCUT2D eigenvalue weighted by Gasteiger charge is -2.32. The number of hydrogen-bond acceptors (Lipinski definition) is 4. The predicted octanol–water partition coefficient (Wildman–Crippen LogP) is 4.01. The van der Waals surface area contributed by atoms with Crippen LogP contribution in [0.1, 0.15) is 49.0 Å². The molecule has 1 aliphatic rings. The van der Waals surface area contributed by atoms with Crippen molar-refractivity contribution >= 4 is 5.96 Å². The predicted molar refractivity (Wildman–Crippen MR) is 121 cm³/mol. The topological polar surface area (TPSA) is 67.8 Å². The van der Waals surface area contributed by atoms with E-state index in [0.717, 1.165) is 43.9 Å². The van der Waals surface area contributed by atoms with Gasteiger partial charge in [0.2, 0.25) is 5.88 Å². The Labute approximate surface area is 180 Å². The van der Waals surface area contributed by atoms with Gasteiger partial charge in [-0.05, 0) is 37.3 Å². The number of hydrogen-bond donors (Lipinski definition) is 2. The second-order valence-electron chi connectivity index (χ2n) is 7.76. The first-order chi connectivity index (χ1) is 14.7. The highest BCUT2D eigenvalue weighted by molar-refractivity contribution is 5.79. The number of rotatable bonds is 8. The smallest absolute Gasteiger partial charge is 0.213 e. The molecule has 0 amide bonds. The van der Waals surface area contributed by atoms with Crippen molar-refractivity contribution < 1.29 is 9.47 Å². The Hall–Kier alpha value is -2.60. The third kappa shape index (κ3) is 6.46. The molecule has 30 heavy (non-hydrogen) atoms. The normalized spacial score (nSPS) is 19.4. The fourth-order valence-electron chi connectivity index (χ4n) is 3.62. The van der Waals surface area contributed by atoms with Crippen molar-refractivity contribution in [2.24, 2.45) is 10.9 Å². The molecule has 0 saturated carbocycles. The molecule has 0 radical (unpaired) electrons. The van der Waals surface area contributed by atoms with Crippen LogP contribution in [0.15, 0.2) is 47.6 Å². The van der Waals surface area contributed by atoms with Gasteiger partial charge < -0.3 is 20.1 Å². The second-order valence-corrected chi connectivity index (χ2v) is 7.76. The molecule has 162 valence electrons. The van der Waals surface area contributed by atoms with E-state index in [1.807, 2.05) is 18.3 Å². The summed E-state index contributed by atoms with van der Waals surface area (Å²) in [5.41, 5.74) is 3.61. The highest BCUT2D eigenvalue weighted by Gasteiger charge is 2.27. The molecule has 0 bridgehead atoms. The van der Waals surface area contributed by atoms with E-state index in [4.69, 9.17) is 9.47 Å². The monoisotopic (exact) mass is 410 g/mol. The molecule has 2 atom stereocenters. The molecule has 1 fully saturated rings. The maximum absolute atomic E-state index is 6.13. The first-order valence-electron chi connectivity index (χ1n) is 10.9. The van der Waals surface area contributed by atoms with Crippen molar-refractivity contribution in [2.75, 3.05) is 26.8 Å². The van der Waals surface area contributed by atoms with Gasteiger partial charge in [0, 0.05) is 44.9 Å². The van der Waals surface area contributed by atoms with E-state index in [1.165, 1.54) is 11.1 Å². The highest BCUT2D eigenvalue weighted by atomic mass is 16.5. The average Bonchev–Trinajstić information content (AvgIpc) is 2.79. The van der Waals surface area contributed by atoms with E-state index in [2.05, 4.69) is 58.7 Å². The van der Waals surface area contributed by atoms with Gasteiger partial charge in [0.15, 0.2) is 5.96 Å². The summed E-state index contributed by atoms with van der Waals surface area (Å²) in [6.45, 7) is 7.19. The lowest BCUT2D eigenvalue weighted by molar-refractivity contribution is -0.0265. The standard InChI is InChI=1S/C24H34N4O2/c1-4-13-29-22-12-9-19(15-26-22)16-27-24(25-3)28-17-21-6-5-14-30-23(21)20-10-7-18(2)8-11-20/h7-12,15,21,23H,4-6,13-14,16-17H2,1-3H3,(H2,25,27,28). The van der Waals surface area contributed by atoms with Crippen LogP contribution < -0.4 is 15.4 Å².